The molecule has 0 spiro atoms. The maximum atomic E-state index is 12.6. The molecular weight excluding hydrogens is 762 g/mol. The van der Waals surface area contributed by atoms with Crippen LogP contribution in [0.15, 0.2) is 34.8 Å². The molecule has 3 atom stereocenters. The summed E-state index contributed by atoms with van der Waals surface area (Å²) in [5.74, 6) is -1.12. The molecule has 1 N–H and O–H groups in total. The number of imidazole rings is 1. The van der Waals surface area contributed by atoms with Gasteiger partial charge in [-0.1, -0.05) is 101 Å². The van der Waals surface area contributed by atoms with Crippen LogP contribution in [0.25, 0.3) is 22.4 Å². The van der Waals surface area contributed by atoms with E-state index in [0.717, 1.165) is 16.1 Å². The number of hydrogen-bond acceptors (Lipinski definition) is 8. The molecule has 0 unspecified atom stereocenters. The number of ether oxygens (including phenoxy) is 3. The van der Waals surface area contributed by atoms with E-state index in [-0.39, 0.29) is 19.3 Å². The summed E-state index contributed by atoms with van der Waals surface area (Å²) in [5.41, 5.74) is 2.49. The molecule has 3 aromatic rings. The van der Waals surface area contributed by atoms with E-state index in [1.807, 2.05) is 30.3 Å². The highest BCUT2D eigenvalue weighted by molar-refractivity contribution is 9.10. The van der Waals surface area contributed by atoms with Gasteiger partial charge in [0.15, 0.2) is 26.2 Å². The van der Waals surface area contributed by atoms with Crippen molar-refractivity contribution >= 4 is 69.6 Å². The van der Waals surface area contributed by atoms with Crippen molar-refractivity contribution in [3.05, 3.63) is 39.8 Å². The maximum absolute atomic E-state index is 12.6. The van der Waals surface area contributed by atoms with E-state index in [9.17, 15) is 9.90 Å². The van der Waals surface area contributed by atoms with Crippen molar-refractivity contribution in [3.63, 3.8) is 0 Å². The number of carboxylic acid groups (broad SMARTS) is 1. The first-order valence-electron chi connectivity index (χ1n) is 16.7. The van der Waals surface area contributed by atoms with Crippen LogP contribution in [0.5, 0.6) is 6.01 Å². The third-order valence-electron chi connectivity index (χ3n) is 8.33. The number of pyridine rings is 1. The van der Waals surface area contributed by atoms with E-state index in [0.29, 0.717) is 28.5 Å². The van der Waals surface area contributed by atoms with Crippen LogP contribution in [0.3, 0.4) is 0 Å². The van der Waals surface area contributed by atoms with Crippen LogP contribution in [0.1, 0.15) is 41.5 Å². The Morgan fingerprint density at radius 2 is 1.65 bits per heavy atom. The summed E-state index contributed by atoms with van der Waals surface area (Å²) >= 11 is 10.3. The molecule has 0 aliphatic carbocycles. The molecule has 2 aromatic heterocycles. The molecule has 10 nitrogen and oxygen atoms in total. The average molecular weight is 815 g/mol. The maximum Gasteiger partial charge on any atom is 0.339 e. The molecule has 49 heavy (non-hydrogen) atoms. The van der Waals surface area contributed by atoms with Gasteiger partial charge in [-0.15, -0.1) is 0 Å². The molecule has 0 saturated carbocycles. The zero-order valence-corrected chi connectivity index (χ0v) is 36.3. The summed E-state index contributed by atoms with van der Waals surface area (Å²) in [5, 5.41) is 9.95. The highest BCUT2D eigenvalue weighted by atomic mass is 79.9. The summed E-state index contributed by atoms with van der Waals surface area (Å²) < 4.78 is 35.7. The molecule has 4 rings (SSSR count). The summed E-state index contributed by atoms with van der Waals surface area (Å²) in [4.78, 5) is 22.3. The van der Waals surface area contributed by atoms with Gasteiger partial charge >= 0.3 is 20.5 Å². The van der Waals surface area contributed by atoms with Gasteiger partial charge in [-0.25, -0.2) is 9.78 Å². The first kappa shape index (κ1) is 40.1. The Hall–Kier alpha value is -1.63. The van der Waals surface area contributed by atoms with Crippen molar-refractivity contribution in [2.75, 3.05) is 13.2 Å². The SMILES string of the molecule is CC(C)(C)[Si](O[C@@H]1[C@@H](C(=O)O)OC[C@H]1Oc1nc2nc(-c3ccc(Br)cc3)c(Cl)cc2n1COCC[Si](C)(C)C)(O[Si](C)(C)C)C(C)(C)C. The fraction of sp³-hybridized carbons (Fsp3) is 0.618. The predicted molar refractivity (Wildman–Crippen MR) is 206 cm³/mol. The van der Waals surface area contributed by atoms with Gasteiger partial charge in [-0.3, -0.25) is 4.57 Å². The first-order chi connectivity index (χ1) is 22.4. The molecule has 15 heteroatoms. The highest BCUT2D eigenvalue weighted by Crippen LogP contribution is 2.54. The number of carbonyl (C=O) groups is 1. The largest absolute Gasteiger partial charge is 0.479 e. The minimum Gasteiger partial charge on any atom is -0.479 e. The molecule has 3 heterocycles. The van der Waals surface area contributed by atoms with Gasteiger partial charge < -0.3 is 27.9 Å². The average Bonchev–Trinajstić information content (AvgIpc) is 3.48. The van der Waals surface area contributed by atoms with E-state index in [1.54, 1.807) is 4.57 Å². The molecule has 1 saturated heterocycles. The Kier molecular flexibility index (Phi) is 12.1. The lowest BCUT2D eigenvalue weighted by molar-refractivity contribution is -0.151. The van der Waals surface area contributed by atoms with Crippen LogP contribution >= 0.6 is 27.5 Å². The third-order valence-corrected chi connectivity index (χ3v) is 19.0. The van der Waals surface area contributed by atoms with Crippen molar-refractivity contribution in [1.29, 1.82) is 0 Å². The molecular formula is C34H53BrClN3O7Si3. The molecule has 1 aromatic carbocycles. The standard InChI is InChI=1S/C34H53BrClN3O7Si3/c1-33(2,3)49(34(4,5)6,46-48(10,11)12)45-28-26(20-43-29(28)31(40)41)44-32-38-30-25(39(32)21-42-17-18-47(7,8)9)19-24(36)27(37-30)22-13-15-23(35)16-14-22/h13-16,19,26,28-29H,17-18,20-21H2,1-12H3,(H,40,41)/t26-,28+,29+/m1/s1. The van der Waals surface area contributed by atoms with E-state index in [2.05, 4.69) is 96.8 Å². The van der Waals surface area contributed by atoms with Crippen molar-refractivity contribution in [3.8, 4) is 17.3 Å². The number of rotatable bonds is 13. The number of carboxylic acids is 1. The number of fused-ring (bicyclic) bond motifs is 1. The van der Waals surface area contributed by atoms with Gasteiger partial charge in [-0.05, 0) is 43.9 Å². The van der Waals surface area contributed by atoms with Crippen LogP contribution < -0.4 is 4.74 Å². The van der Waals surface area contributed by atoms with Crippen LogP contribution in [0.2, 0.25) is 60.4 Å². The summed E-state index contributed by atoms with van der Waals surface area (Å²) in [6, 6.07) is 10.8. The number of aromatic nitrogens is 3. The van der Waals surface area contributed by atoms with Gasteiger partial charge in [0.05, 0.1) is 22.8 Å². The Labute approximate surface area is 307 Å². The molecule has 0 bridgehead atoms. The van der Waals surface area contributed by atoms with E-state index < -0.39 is 59.3 Å². The van der Waals surface area contributed by atoms with Gasteiger partial charge in [-0.2, -0.15) is 4.98 Å². The number of benzene rings is 1. The van der Waals surface area contributed by atoms with Gasteiger partial charge in [0.25, 0.3) is 0 Å². The number of halogens is 2. The third kappa shape index (κ3) is 9.43. The Morgan fingerprint density at radius 3 is 2.18 bits per heavy atom. The number of aliphatic carboxylic acids is 1. The minimum absolute atomic E-state index is 0.00857. The van der Waals surface area contributed by atoms with Crippen LogP contribution in [0.4, 0.5) is 0 Å². The molecule has 1 fully saturated rings. The van der Waals surface area contributed by atoms with Crippen LogP contribution in [-0.2, 0) is 29.5 Å². The summed E-state index contributed by atoms with van der Waals surface area (Å²) in [6.45, 7) is 26.7. The number of nitrogens with zero attached hydrogens (tertiary/aromatic N) is 3. The normalized spacial score (nSPS) is 19.5. The fourth-order valence-corrected chi connectivity index (χ4v) is 17.1. The zero-order valence-electron chi connectivity index (χ0n) is 30.9. The highest BCUT2D eigenvalue weighted by Gasteiger charge is 2.63. The molecule has 272 valence electrons. The topological polar surface area (TPSA) is 114 Å². The van der Waals surface area contributed by atoms with E-state index in [1.165, 1.54) is 0 Å². The van der Waals surface area contributed by atoms with Crippen molar-refractivity contribution < 1.29 is 32.7 Å². The Bertz CT molecular complexity index is 1620. The second-order valence-electron chi connectivity index (χ2n) is 17.0. The van der Waals surface area contributed by atoms with Crippen molar-refractivity contribution in [2.24, 2.45) is 0 Å². The lowest BCUT2D eigenvalue weighted by Crippen LogP contribution is -2.64. The van der Waals surface area contributed by atoms with Gasteiger partial charge in [0.1, 0.15) is 12.8 Å². The number of hydrogen-bond donors (Lipinski definition) is 1. The van der Waals surface area contributed by atoms with Crippen molar-refractivity contribution in [2.45, 2.75) is 122 Å². The quantitative estimate of drug-likeness (QED) is 0.133. The van der Waals surface area contributed by atoms with Crippen LogP contribution in [-0.4, -0.2) is 82.1 Å². The van der Waals surface area contributed by atoms with Crippen molar-refractivity contribution in [1.82, 2.24) is 14.5 Å². The molecule has 0 radical (unpaired) electrons. The fourth-order valence-electron chi connectivity index (χ4n) is 6.16. The second kappa shape index (κ2) is 14.8. The van der Waals surface area contributed by atoms with Crippen LogP contribution in [0, 0.1) is 0 Å². The molecule has 0 amide bonds. The smallest absolute Gasteiger partial charge is 0.339 e. The first-order valence-corrected chi connectivity index (χ1v) is 26.8. The van der Waals surface area contributed by atoms with E-state index in [4.69, 9.17) is 44.3 Å². The predicted octanol–water partition coefficient (Wildman–Crippen LogP) is 9.34. The zero-order chi connectivity index (χ0) is 36.7. The van der Waals surface area contributed by atoms with Gasteiger partial charge in [0, 0.05) is 34.8 Å². The minimum atomic E-state index is -3.23. The lowest BCUT2D eigenvalue weighted by Gasteiger charge is -2.53. The molecule has 1 aliphatic heterocycles. The summed E-state index contributed by atoms with van der Waals surface area (Å²) in [6.07, 6.45) is -3.02. The summed E-state index contributed by atoms with van der Waals surface area (Å²) in [7, 11) is -6.76. The monoisotopic (exact) mass is 813 g/mol. The Morgan fingerprint density at radius 1 is 1.04 bits per heavy atom. The van der Waals surface area contributed by atoms with Gasteiger partial charge in [0.2, 0.25) is 0 Å². The van der Waals surface area contributed by atoms with E-state index >= 15 is 0 Å². The molecule has 1 aliphatic rings. The lowest BCUT2D eigenvalue weighted by atomic mass is 10.1. The Balaban J connectivity index is 1.80. The second-order valence-corrected chi connectivity index (χ2v) is 33.5.